The molecule has 1 N–H and O–H groups in total. The van der Waals surface area contributed by atoms with Crippen LogP contribution in [0.1, 0.15) is 6.42 Å². The van der Waals surface area contributed by atoms with Crippen LogP contribution in [0.5, 0.6) is 0 Å². The van der Waals surface area contributed by atoms with Crippen molar-refractivity contribution in [3.05, 3.63) is 24.3 Å². The van der Waals surface area contributed by atoms with Gasteiger partial charge >= 0.3 is 0 Å². The molecule has 4 bridgehead atoms. The summed E-state index contributed by atoms with van der Waals surface area (Å²) >= 11 is 5.71. The fourth-order valence-electron chi connectivity index (χ4n) is 3.72. The van der Waals surface area contributed by atoms with Gasteiger partial charge in [-0.2, -0.15) is 5.01 Å². The second kappa shape index (κ2) is 4.37. The largest absolute Gasteiger partial charge is 0.290 e. The maximum Gasteiger partial charge on any atom is 0.151 e. The molecule has 5 heteroatoms. The molecule has 17 heavy (non-hydrogen) atoms. The van der Waals surface area contributed by atoms with E-state index >= 15 is 0 Å². The van der Waals surface area contributed by atoms with Crippen molar-refractivity contribution in [2.24, 2.45) is 0 Å². The highest BCUT2D eigenvalue weighted by molar-refractivity contribution is 6.25. The molecule has 4 heterocycles. The summed E-state index contributed by atoms with van der Waals surface area (Å²) in [7, 11) is 0. The highest BCUT2D eigenvalue weighted by Gasteiger charge is 2.54. The summed E-state index contributed by atoms with van der Waals surface area (Å²) < 4.78 is 1.10. The first-order valence-corrected chi connectivity index (χ1v) is 6.68. The molecule has 5 atom stereocenters. The second-order valence-electron chi connectivity index (χ2n) is 5.37. The van der Waals surface area contributed by atoms with E-state index in [2.05, 4.69) is 34.1 Å². The predicted octanol–water partition coefficient (Wildman–Crippen LogP) is 0.891. The van der Waals surface area contributed by atoms with Gasteiger partial charge in [-0.15, -0.1) is 6.58 Å². The number of nitrogens with one attached hydrogen (secondary N) is 1. The molecule has 4 nitrogen and oxygen atoms in total. The zero-order chi connectivity index (χ0) is 11.9. The molecule has 0 spiro atoms. The van der Waals surface area contributed by atoms with E-state index in [1.54, 1.807) is 5.54 Å². The van der Waals surface area contributed by atoms with E-state index in [4.69, 9.17) is 11.6 Å². The number of hydrogen-bond acceptors (Lipinski definition) is 3. The molecule has 0 aromatic rings. The Bertz CT molecular complexity index is 329. The molecule has 4 aliphatic heterocycles. The fraction of sp³-hybridized carbons (Fsp3) is 0.667. The van der Waals surface area contributed by atoms with E-state index in [0.29, 0.717) is 12.2 Å². The first-order valence-electron chi connectivity index (χ1n) is 6.24. The number of halogens is 1. The number of rotatable bonds is 4. The Labute approximate surface area is 108 Å². The molecular formula is C12H20ClN4+. The minimum atomic E-state index is 0.579. The van der Waals surface area contributed by atoms with Gasteiger partial charge in [0, 0.05) is 18.5 Å². The molecule has 94 valence electrons. The van der Waals surface area contributed by atoms with Gasteiger partial charge in [-0.05, 0) is 6.08 Å². The third-order valence-corrected chi connectivity index (χ3v) is 4.38. The molecule has 5 unspecified atom stereocenters. The van der Waals surface area contributed by atoms with Gasteiger partial charge in [-0.25, -0.2) is 10.3 Å². The van der Waals surface area contributed by atoms with Crippen molar-refractivity contribution in [3.63, 3.8) is 0 Å². The Morgan fingerprint density at radius 1 is 1.53 bits per heavy atom. The van der Waals surface area contributed by atoms with Crippen LogP contribution < -0.4 is 5.43 Å². The number of hydrazine groups is 1. The zero-order valence-electron chi connectivity index (χ0n) is 10.1. The van der Waals surface area contributed by atoms with Crippen molar-refractivity contribution >= 4 is 11.6 Å². The van der Waals surface area contributed by atoms with Crippen molar-refractivity contribution in [2.45, 2.75) is 18.6 Å². The van der Waals surface area contributed by atoms with Gasteiger partial charge in [0.05, 0.1) is 19.3 Å². The summed E-state index contributed by atoms with van der Waals surface area (Å²) in [4.78, 5) is 2.58. The van der Waals surface area contributed by atoms with Gasteiger partial charge in [0.1, 0.15) is 6.54 Å². The van der Waals surface area contributed by atoms with E-state index in [-0.39, 0.29) is 0 Å². The smallest absolute Gasteiger partial charge is 0.151 e. The third kappa shape index (κ3) is 1.84. The summed E-state index contributed by atoms with van der Waals surface area (Å²) in [5.74, 6) is 0. The standard InChI is InChI=1S/C12H20ClN4/c1-2-4-12-15-7-11-8-17(12,6-3-5-13)10-16(9-15)14-11/h2-3,5,11-12,14H,1,4,6-10H2/q+1. The van der Waals surface area contributed by atoms with Gasteiger partial charge in [-0.3, -0.25) is 4.48 Å². The van der Waals surface area contributed by atoms with Crippen LogP contribution in [0, 0.1) is 0 Å². The highest BCUT2D eigenvalue weighted by Crippen LogP contribution is 2.34. The van der Waals surface area contributed by atoms with E-state index < -0.39 is 0 Å². The molecule has 0 aromatic heterocycles. The van der Waals surface area contributed by atoms with Crippen molar-refractivity contribution in [1.82, 2.24) is 15.3 Å². The lowest BCUT2D eigenvalue weighted by Crippen LogP contribution is -2.85. The summed E-state index contributed by atoms with van der Waals surface area (Å²) in [5.41, 5.74) is 5.22. The molecule has 0 saturated carbocycles. The molecule has 4 saturated heterocycles. The molecule has 0 aromatic carbocycles. The summed E-state index contributed by atoms with van der Waals surface area (Å²) in [6.07, 6.45) is 5.79. The van der Waals surface area contributed by atoms with E-state index in [9.17, 15) is 0 Å². The molecule has 4 rings (SSSR count). The average Bonchev–Trinajstić information content (AvgIpc) is 2.31. The fourth-order valence-corrected chi connectivity index (χ4v) is 3.80. The monoisotopic (exact) mass is 255 g/mol. The number of hydrogen-bond donors (Lipinski definition) is 1. The van der Waals surface area contributed by atoms with Crippen molar-refractivity contribution in [2.75, 3.05) is 33.0 Å². The molecule has 4 fully saturated rings. The minimum Gasteiger partial charge on any atom is -0.290 e. The Hall–Kier alpha value is -0.390. The quantitative estimate of drug-likeness (QED) is 0.595. The van der Waals surface area contributed by atoms with E-state index in [1.807, 2.05) is 0 Å². The zero-order valence-corrected chi connectivity index (χ0v) is 10.8. The van der Waals surface area contributed by atoms with Crippen LogP contribution in [0.25, 0.3) is 0 Å². The first kappa shape index (κ1) is 11.7. The van der Waals surface area contributed by atoms with Crippen LogP contribution in [0.4, 0.5) is 0 Å². The SMILES string of the molecule is C=CCC1N2CC3C[N+]1(CC=CCl)CN(C2)N3. The van der Waals surface area contributed by atoms with E-state index in [1.165, 1.54) is 13.1 Å². The van der Waals surface area contributed by atoms with Crippen LogP contribution in [0.15, 0.2) is 24.3 Å². The van der Waals surface area contributed by atoms with Gasteiger partial charge in [0.15, 0.2) is 12.8 Å². The van der Waals surface area contributed by atoms with Gasteiger partial charge in [0.25, 0.3) is 0 Å². The highest BCUT2D eigenvalue weighted by atomic mass is 35.5. The normalized spacial score (nSPS) is 47.8. The topological polar surface area (TPSA) is 18.5 Å². The van der Waals surface area contributed by atoms with Crippen LogP contribution >= 0.6 is 11.6 Å². The lowest BCUT2D eigenvalue weighted by molar-refractivity contribution is -0.989. The molecule has 0 aliphatic carbocycles. The Morgan fingerprint density at radius 2 is 2.41 bits per heavy atom. The van der Waals surface area contributed by atoms with Crippen molar-refractivity contribution < 1.29 is 4.48 Å². The summed E-state index contributed by atoms with van der Waals surface area (Å²) in [6, 6.07) is 0.599. The Balaban J connectivity index is 1.88. The van der Waals surface area contributed by atoms with Crippen molar-refractivity contribution in [3.8, 4) is 0 Å². The van der Waals surface area contributed by atoms with Crippen LogP contribution in [-0.2, 0) is 0 Å². The lowest BCUT2D eigenvalue weighted by atomic mass is 10.0. The summed E-state index contributed by atoms with van der Waals surface area (Å²) in [5, 5.41) is 2.35. The Morgan fingerprint density at radius 3 is 3.12 bits per heavy atom. The molecule has 4 aliphatic rings. The van der Waals surface area contributed by atoms with Crippen LogP contribution in [0.3, 0.4) is 0 Å². The Kier molecular flexibility index (Phi) is 3.00. The van der Waals surface area contributed by atoms with Gasteiger partial charge < -0.3 is 0 Å². The second-order valence-corrected chi connectivity index (χ2v) is 5.62. The lowest BCUT2D eigenvalue weighted by Gasteiger charge is -2.63. The predicted molar refractivity (Wildman–Crippen MR) is 68.8 cm³/mol. The maximum absolute atomic E-state index is 5.71. The average molecular weight is 256 g/mol. The molecule has 0 amide bonds. The van der Waals surface area contributed by atoms with E-state index in [0.717, 1.165) is 30.8 Å². The summed E-state index contributed by atoms with van der Waals surface area (Å²) in [6.45, 7) is 9.42. The van der Waals surface area contributed by atoms with Crippen LogP contribution in [0.2, 0.25) is 0 Å². The molecular weight excluding hydrogens is 236 g/mol. The van der Waals surface area contributed by atoms with Crippen molar-refractivity contribution in [1.29, 1.82) is 0 Å². The number of quaternary nitrogens is 1. The third-order valence-electron chi connectivity index (χ3n) is 4.20. The van der Waals surface area contributed by atoms with Gasteiger partial charge in [0.2, 0.25) is 0 Å². The van der Waals surface area contributed by atoms with Gasteiger partial charge in [-0.1, -0.05) is 17.7 Å². The maximum atomic E-state index is 5.71. The number of nitrogens with zero attached hydrogens (tertiary/aromatic N) is 3. The molecule has 0 radical (unpaired) electrons. The van der Waals surface area contributed by atoms with Crippen LogP contribution in [-0.4, -0.2) is 59.6 Å². The first-order chi connectivity index (χ1) is 8.27. The minimum absolute atomic E-state index is 0.579.